The molecule has 3 nitrogen and oxygen atoms in total. The molecular weight excluding hydrogens is 152 g/mol. The highest BCUT2D eigenvalue weighted by Gasteiger charge is 2.03. The van der Waals surface area contributed by atoms with E-state index >= 15 is 0 Å². The van der Waals surface area contributed by atoms with Crippen molar-refractivity contribution >= 4 is 17.3 Å². The third-order valence-corrected chi connectivity index (χ3v) is 1.90. The van der Waals surface area contributed by atoms with Gasteiger partial charge >= 0.3 is 0 Å². The fraction of sp³-hybridized carbons (Fsp3) is 0.111. The van der Waals surface area contributed by atoms with Crippen molar-refractivity contribution in [2.24, 2.45) is 7.05 Å². The summed E-state index contributed by atoms with van der Waals surface area (Å²) in [5.74, 6) is 0. The SMILES string of the molecule is Cn1cnc2cccc(C=O)c21. The number of nitrogens with zero attached hydrogens (tertiary/aromatic N) is 2. The lowest BCUT2D eigenvalue weighted by Crippen LogP contribution is -1.89. The number of carbonyl (C=O) groups is 1. The first-order valence-corrected chi connectivity index (χ1v) is 3.68. The van der Waals surface area contributed by atoms with E-state index in [1.165, 1.54) is 0 Å². The van der Waals surface area contributed by atoms with Crippen molar-refractivity contribution < 1.29 is 4.79 Å². The van der Waals surface area contributed by atoms with Gasteiger partial charge in [0.05, 0.1) is 17.4 Å². The predicted molar refractivity (Wildman–Crippen MR) is 46.1 cm³/mol. The third kappa shape index (κ3) is 0.830. The van der Waals surface area contributed by atoms with Gasteiger partial charge in [-0.3, -0.25) is 4.79 Å². The van der Waals surface area contributed by atoms with Gasteiger partial charge in [0.2, 0.25) is 0 Å². The van der Waals surface area contributed by atoms with Crippen LogP contribution in [0.3, 0.4) is 0 Å². The second-order valence-electron chi connectivity index (χ2n) is 2.69. The van der Waals surface area contributed by atoms with Crippen molar-refractivity contribution in [2.45, 2.75) is 0 Å². The summed E-state index contributed by atoms with van der Waals surface area (Å²) in [6.45, 7) is 0. The topological polar surface area (TPSA) is 34.9 Å². The standard InChI is InChI=1S/C9H8N2O/c1-11-6-10-8-4-2-3-7(5-12)9(8)11/h2-6H,1H3. The molecule has 2 rings (SSSR count). The van der Waals surface area contributed by atoms with E-state index in [-0.39, 0.29) is 0 Å². The summed E-state index contributed by atoms with van der Waals surface area (Å²) >= 11 is 0. The summed E-state index contributed by atoms with van der Waals surface area (Å²) < 4.78 is 1.85. The Labute approximate surface area is 69.6 Å². The average Bonchev–Trinajstić information content (AvgIpc) is 2.48. The monoisotopic (exact) mass is 160 g/mol. The number of aryl methyl sites for hydroxylation is 1. The van der Waals surface area contributed by atoms with E-state index in [2.05, 4.69) is 4.98 Å². The Kier molecular flexibility index (Phi) is 1.43. The van der Waals surface area contributed by atoms with E-state index in [1.54, 1.807) is 12.4 Å². The van der Waals surface area contributed by atoms with Crippen LogP contribution in [0.2, 0.25) is 0 Å². The molecule has 0 fully saturated rings. The normalized spacial score (nSPS) is 10.4. The molecule has 60 valence electrons. The second-order valence-corrected chi connectivity index (χ2v) is 2.69. The summed E-state index contributed by atoms with van der Waals surface area (Å²) in [7, 11) is 1.88. The zero-order valence-corrected chi connectivity index (χ0v) is 6.69. The van der Waals surface area contributed by atoms with Crippen LogP contribution in [0.25, 0.3) is 11.0 Å². The smallest absolute Gasteiger partial charge is 0.152 e. The van der Waals surface area contributed by atoms with E-state index in [1.807, 2.05) is 23.7 Å². The summed E-state index contributed by atoms with van der Waals surface area (Å²) in [5, 5.41) is 0. The maximum absolute atomic E-state index is 10.6. The first-order chi connectivity index (χ1) is 5.83. The molecule has 1 aromatic heterocycles. The van der Waals surface area contributed by atoms with Crippen molar-refractivity contribution in [1.82, 2.24) is 9.55 Å². The Morgan fingerprint density at radius 2 is 2.33 bits per heavy atom. The van der Waals surface area contributed by atoms with Crippen LogP contribution < -0.4 is 0 Å². The van der Waals surface area contributed by atoms with Crippen LogP contribution in [-0.2, 0) is 7.05 Å². The van der Waals surface area contributed by atoms with Gasteiger partial charge in [-0.2, -0.15) is 0 Å². The largest absolute Gasteiger partial charge is 0.333 e. The van der Waals surface area contributed by atoms with Crippen LogP contribution in [0, 0.1) is 0 Å². The number of hydrogen-bond donors (Lipinski definition) is 0. The second kappa shape index (κ2) is 2.44. The van der Waals surface area contributed by atoms with Crippen LogP contribution in [0.1, 0.15) is 10.4 Å². The van der Waals surface area contributed by atoms with Crippen molar-refractivity contribution in [3.8, 4) is 0 Å². The van der Waals surface area contributed by atoms with Gasteiger partial charge in [0, 0.05) is 12.6 Å². The summed E-state index contributed by atoms with van der Waals surface area (Å²) in [6.07, 6.45) is 2.56. The highest BCUT2D eigenvalue weighted by atomic mass is 16.1. The number of fused-ring (bicyclic) bond motifs is 1. The lowest BCUT2D eigenvalue weighted by Gasteiger charge is -1.96. The Hall–Kier alpha value is -1.64. The lowest BCUT2D eigenvalue weighted by molar-refractivity contribution is 0.112. The number of para-hydroxylation sites is 1. The molecule has 3 heteroatoms. The molecule has 2 aromatic rings. The molecule has 0 atom stereocenters. The van der Waals surface area contributed by atoms with Crippen LogP contribution >= 0.6 is 0 Å². The number of benzene rings is 1. The lowest BCUT2D eigenvalue weighted by atomic mass is 10.2. The van der Waals surface area contributed by atoms with Crippen molar-refractivity contribution in [2.75, 3.05) is 0 Å². The van der Waals surface area contributed by atoms with Crippen LogP contribution in [-0.4, -0.2) is 15.8 Å². The Bertz CT molecular complexity index is 431. The molecule has 0 radical (unpaired) electrons. The van der Waals surface area contributed by atoms with Gasteiger partial charge in [0.25, 0.3) is 0 Å². The minimum Gasteiger partial charge on any atom is -0.333 e. The van der Waals surface area contributed by atoms with Crippen molar-refractivity contribution in [3.05, 3.63) is 30.1 Å². The highest BCUT2D eigenvalue weighted by Crippen LogP contribution is 2.14. The Balaban J connectivity index is 2.93. The van der Waals surface area contributed by atoms with Crippen molar-refractivity contribution in [3.63, 3.8) is 0 Å². The molecule has 12 heavy (non-hydrogen) atoms. The maximum atomic E-state index is 10.6. The molecule has 0 saturated carbocycles. The van der Waals surface area contributed by atoms with Crippen molar-refractivity contribution in [1.29, 1.82) is 0 Å². The first-order valence-electron chi connectivity index (χ1n) is 3.68. The number of rotatable bonds is 1. The highest BCUT2D eigenvalue weighted by molar-refractivity contribution is 5.94. The molecule has 0 aliphatic heterocycles. The van der Waals surface area contributed by atoms with E-state index in [4.69, 9.17) is 0 Å². The number of carbonyl (C=O) groups excluding carboxylic acids is 1. The fourth-order valence-electron chi connectivity index (χ4n) is 1.34. The Morgan fingerprint density at radius 1 is 1.50 bits per heavy atom. The van der Waals surface area contributed by atoms with E-state index in [9.17, 15) is 4.79 Å². The average molecular weight is 160 g/mol. The number of aromatic nitrogens is 2. The first kappa shape index (κ1) is 7.03. The molecule has 0 saturated heterocycles. The van der Waals surface area contributed by atoms with Gasteiger partial charge in [-0.05, 0) is 12.1 Å². The molecule has 0 unspecified atom stereocenters. The zero-order chi connectivity index (χ0) is 8.55. The Morgan fingerprint density at radius 3 is 3.08 bits per heavy atom. The van der Waals surface area contributed by atoms with Crippen LogP contribution in [0.4, 0.5) is 0 Å². The van der Waals surface area contributed by atoms with Crippen LogP contribution in [0.5, 0.6) is 0 Å². The van der Waals surface area contributed by atoms with Gasteiger partial charge in [0.1, 0.15) is 0 Å². The number of hydrogen-bond acceptors (Lipinski definition) is 2. The van der Waals surface area contributed by atoms with E-state index in [0.717, 1.165) is 17.3 Å². The van der Waals surface area contributed by atoms with Gasteiger partial charge in [0.15, 0.2) is 6.29 Å². The summed E-state index contributed by atoms with van der Waals surface area (Å²) in [5.41, 5.74) is 2.45. The molecule has 1 heterocycles. The van der Waals surface area contributed by atoms with Gasteiger partial charge in [-0.25, -0.2) is 4.98 Å². The summed E-state index contributed by atoms with van der Waals surface area (Å²) in [6, 6.07) is 5.51. The third-order valence-electron chi connectivity index (χ3n) is 1.90. The predicted octanol–water partition coefficient (Wildman–Crippen LogP) is 1.39. The molecule has 1 aromatic carbocycles. The zero-order valence-electron chi connectivity index (χ0n) is 6.69. The molecule has 0 amide bonds. The number of imidazole rings is 1. The summed E-state index contributed by atoms with van der Waals surface area (Å²) in [4.78, 5) is 14.8. The number of aldehydes is 1. The molecule has 0 aliphatic rings. The molecule has 0 bridgehead atoms. The van der Waals surface area contributed by atoms with Gasteiger partial charge in [-0.1, -0.05) is 6.07 Å². The van der Waals surface area contributed by atoms with Gasteiger partial charge in [-0.15, -0.1) is 0 Å². The van der Waals surface area contributed by atoms with Gasteiger partial charge < -0.3 is 4.57 Å². The van der Waals surface area contributed by atoms with Crippen LogP contribution in [0.15, 0.2) is 24.5 Å². The minimum absolute atomic E-state index is 0.688. The molecule has 0 N–H and O–H groups in total. The molecular formula is C9H8N2O. The fourth-order valence-corrected chi connectivity index (χ4v) is 1.34. The quantitative estimate of drug-likeness (QED) is 0.591. The molecule has 0 aliphatic carbocycles. The van der Waals surface area contributed by atoms with E-state index < -0.39 is 0 Å². The molecule has 0 spiro atoms. The minimum atomic E-state index is 0.688. The van der Waals surface area contributed by atoms with E-state index in [0.29, 0.717) is 5.56 Å². The maximum Gasteiger partial charge on any atom is 0.152 e.